The molecule has 0 saturated carbocycles. The lowest BCUT2D eigenvalue weighted by Gasteiger charge is -2.09. The average Bonchev–Trinajstić information content (AvgIpc) is 2.56. The fraction of sp³-hybridized carbons (Fsp3) is 0.250. The first-order valence-corrected chi connectivity index (χ1v) is 7.13. The van der Waals surface area contributed by atoms with E-state index >= 15 is 0 Å². The highest BCUT2D eigenvalue weighted by atomic mass is 19.2. The van der Waals surface area contributed by atoms with Gasteiger partial charge >= 0.3 is 6.03 Å². The number of halogens is 2. The van der Waals surface area contributed by atoms with E-state index in [9.17, 15) is 13.6 Å². The molecule has 2 amide bonds. The van der Waals surface area contributed by atoms with Crippen LogP contribution < -0.4 is 15.4 Å². The van der Waals surface area contributed by atoms with E-state index in [-0.39, 0.29) is 24.9 Å². The molecule has 2 rings (SSSR count). The second-order valence-corrected chi connectivity index (χ2v) is 4.72. The van der Waals surface area contributed by atoms with Crippen LogP contribution in [0.15, 0.2) is 42.7 Å². The molecule has 0 aliphatic carbocycles. The van der Waals surface area contributed by atoms with Gasteiger partial charge in [0.25, 0.3) is 0 Å². The van der Waals surface area contributed by atoms with Crippen molar-refractivity contribution < 1.29 is 18.3 Å². The summed E-state index contributed by atoms with van der Waals surface area (Å²) in [5.41, 5.74) is 1.04. The zero-order valence-corrected chi connectivity index (χ0v) is 12.4. The van der Waals surface area contributed by atoms with Crippen LogP contribution in [0.5, 0.6) is 5.75 Å². The lowest BCUT2D eigenvalue weighted by atomic mass is 10.2. The van der Waals surface area contributed by atoms with E-state index in [1.165, 1.54) is 6.07 Å². The molecule has 122 valence electrons. The highest BCUT2D eigenvalue weighted by Gasteiger charge is 2.04. The number of hydrogen-bond acceptors (Lipinski definition) is 3. The predicted molar refractivity (Wildman–Crippen MR) is 81.2 cm³/mol. The van der Waals surface area contributed by atoms with Crippen molar-refractivity contribution in [2.24, 2.45) is 0 Å². The number of urea groups is 1. The van der Waals surface area contributed by atoms with E-state index in [1.807, 2.05) is 12.1 Å². The minimum Gasteiger partial charge on any atom is -0.492 e. The van der Waals surface area contributed by atoms with Gasteiger partial charge in [0, 0.05) is 25.0 Å². The van der Waals surface area contributed by atoms with Crippen LogP contribution in [-0.4, -0.2) is 30.7 Å². The summed E-state index contributed by atoms with van der Waals surface area (Å²) in [4.78, 5) is 15.5. The van der Waals surface area contributed by atoms with Crippen LogP contribution >= 0.6 is 0 Å². The Morgan fingerprint density at radius 3 is 2.70 bits per heavy atom. The molecule has 0 atom stereocenters. The summed E-state index contributed by atoms with van der Waals surface area (Å²) in [6.45, 7) is 0.889. The van der Waals surface area contributed by atoms with Gasteiger partial charge in [0.1, 0.15) is 12.4 Å². The average molecular weight is 321 g/mol. The second kappa shape index (κ2) is 8.67. The van der Waals surface area contributed by atoms with Gasteiger partial charge in [-0.1, -0.05) is 6.07 Å². The van der Waals surface area contributed by atoms with Crippen LogP contribution in [0.1, 0.15) is 5.56 Å². The molecule has 5 nitrogen and oxygen atoms in total. The Kier molecular flexibility index (Phi) is 6.28. The maximum atomic E-state index is 13.0. The SMILES string of the molecule is O=C(NCCOc1ccc(F)c(F)c1)NCCc1cccnc1. The number of nitrogens with zero attached hydrogens (tertiary/aromatic N) is 1. The lowest BCUT2D eigenvalue weighted by Crippen LogP contribution is -2.38. The summed E-state index contributed by atoms with van der Waals surface area (Å²) in [7, 11) is 0. The molecule has 0 saturated heterocycles. The molecule has 1 heterocycles. The smallest absolute Gasteiger partial charge is 0.314 e. The van der Waals surface area contributed by atoms with E-state index < -0.39 is 11.6 Å². The number of carbonyl (C=O) groups is 1. The molecule has 2 aromatic rings. The summed E-state index contributed by atoms with van der Waals surface area (Å²) in [6.07, 6.45) is 4.12. The Morgan fingerprint density at radius 2 is 1.96 bits per heavy atom. The molecule has 0 aliphatic rings. The number of amides is 2. The molecule has 0 spiro atoms. The number of pyridine rings is 1. The van der Waals surface area contributed by atoms with Crippen molar-refractivity contribution >= 4 is 6.03 Å². The molecule has 2 N–H and O–H groups in total. The third kappa shape index (κ3) is 5.90. The number of carbonyl (C=O) groups excluding carboxylic acids is 1. The highest BCUT2D eigenvalue weighted by molar-refractivity contribution is 5.73. The Hall–Kier alpha value is -2.70. The van der Waals surface area contributed by atoms with E-state index in [1.54, 1.807) is 12.4 Å². The van der Waals surface area contributed by atoms with Gasteiger partial charge in [-0.15, -0.1) is 0 Å². The standard InChI is InChI=1S/C16H17F2N3O2/c17-14-4-3-13(10-15(14)18)23-9-8-21-16(22)20-7-5-12-2-1-6-19-11-12/h1-4,6,10-11H,5,7-9H2,(H2,20,21,22). The Morgan fingerprint density at radius 1 is 1.13 bits per heavy atom. The number of ether oxygens (including phenoxy) is 1. The summed E-state index contributed by atoms with van der Waals surface area (Å²) < 4.78 is 30.9. The summed E-state index contributed by atoms with van der Waals surface area (Å²) in [5, 5.41) is 5.31. The van der Waals surface area contributed by atoms with Crippen molar-refractivity contribution in [3.8, 4) is 5.75 Å². The first-order chi connectivity index (χ1) is 11.1. The third-order valence-electron chi connectivity index (χ3n) is 2.97. The van der Waals surface area contributed by atoms with Crippen LogP contribution in [0.3, 0.4) is 0 Å². The largest absolute Gasteiger partial charge is 0.492 e. The molecule has 0 unspecified atom stereocenters. The fourth-order valence-corrected chi connectivity index (χ4v) is 1.83. The van der Waals surface area contributed by atoms with Crippen LogP contribution in [0.4, 0.5) is 13.6 Å². The van der Waals surface area contributed by atoms with E-state index in [0.717, 1.165) is 17.7 Å². The summed E-state index contributed by atoms with van der Waals surface area (Å²) >= 11 is 0. The van der Waals surface area contributed by atoms with Crippen molar-refractivity contribution in [3.63, 3.8) is 0 Å². The molecule has 1 aromatic carbocycles. The maximum absolute atomic E-state index is 13.0. The van der Waals surface area contributed by atoms with Gasteiger partial charge in [-0.25, -0.2) is 13.6 Å². The number of rotatable bonds is 7. The van der Waals surface area contributed by atoms with E-state index in [4.69, 9.17) is 4.74 Å². The Balaban J connectivity index is 1.58. The molecule has 0 radical (unpaired) electrons. The van der Waals surface area contributed by atoms with Crippen LogP contribution in [0.25, 0.3) is 0 Å². The Bertz CT molecular complexity index is 638. The zero-order valence-electron chi connectivity index (χ0n) is 12.4. The lowest BCUT2D eigenvalue weighted by molar-refractivity contribution is 0.236. The molecule has 7 heteroatoms. The fourth-order valence-electron chi connectivity index (χ4n) is 1.83. The maximum Gasteiger partial charge on any atom is 0.314 e. The quantitative estimate of drug-likeness (QED) is 0.769. The summed E-state index contributed by atoms with van der Waals surface area (Å²) in [5.74, 6) is -1.69. The van der Waals surface area contributed by atoms with Gasteiger partial charge < -0.3 is 15.4 Å². The predicted octanol–water partition coefficient (Wildman–Crippen LogP) is 2.28. The van der Waals surface area contributed by atoms with Gasteiger partial charge in [-0.05, 0) is 30.2 Å². The van der Waals surface area contributed by atoms with Crippen molar-refractivity contribution in [2.75, 3.05) is 19.7 Å². The normalized spacial score (nSPS) is 10.2. The number of nitrogens with one attached hydrogen (secondary N) is 2. The minimum absolute atomic E-state index is 0.154. The van der Waals surface area contributed by atoms with Crippen molar-refractivity contribution in [1.82, 2.24) is 15.6 Å². The molecule has 1 aromatic heterocycles. The van der Waals surface area contributed by atoms with Crippen molar-refractivity contribution in [2.45, 2.75) is 6.42 Å². The molecule has 23 heavy (non-hydrogen) atoms. The van der Waals surface area contributed by atoms with Gasteiger partial charge in [0.05, 0.1) is 6.54 Å². The number of hydrogen-bond donors (Lipinski definition) is 2. The highest BCUT2D eigenvalue weighted by Crippen LogP contribution is 2.14. The van der Waals surface area contributed by atoms with Crippen molar-refractivity contribution in [1.29, 1.82) is 0 Å². The van der Waals surface area contributed by atoms with Gasteiger partial charge in [0.2, 0.25) is 0 Å². The molecule has 0 bridgehead atoms. The first kappa shape index (κ1) is 16.7. The van der Waals surface area contributed by atoms with Gasteiger partial charge in [0.15, 0.2) is 11.6 Å². The summed E-state index contributed by atoms with van der Waals surface area (Å²) in [6, 6.07) is 6.73. The molecular formula is C16H17F2N3O2. The zero-order chi connectivity index (χ0) is 16.5. The van der Waals surface area contributed by atoms with Crippen molar-refractivity contribution in [3.05, 3.63) is 59.9 Å². The molecular weight excluding hydrogens is 304 g/mol. The topological polar surface area (TPSA) is 63.2 Å². The monoisotopic (exact) mass is 321 g/mol. The van der Waals surface area contributed by atoms with Crippen LogP contribution in [0.2, 0.25) is 0 Å². The second-order valence-electron chi connectivity index (χ2n) is 4.72. The first-order valence-electron chi connectivity index (χ1n) is 7.13. The van der Waals surface area contributed by atoms with Crippen LogP contribution in [0, 0.1) is 11.6 Å². The molecule has 0 fully saturated rings. The van der Waals surface area contributed by atoms with Gasteiger partial charge in [-0.2, -0.15) is 0 Å². The molecule has 0 aliphatic heterocycles. The van der Waals surface area contributed by atoms with Crippen LogP contribution in [-0.2, 0) is 6.42 Å². The van der Waals surface area contributed by atoms with Gasteiger partial charge in [-0.3, -0.25) is 4.98 Å². The minimum atomic E-state index is -0.969. The Labute approximate surface area is 132 Å². The van der Waals surface area contributed by atoms with E-state index in [0.29, 0.717) is 13.0 Å². The number of aromatic nitrogens is 1. The third-order valence-corrected chi connectivity index (χ3v) is 2.97. The van der Waals surface area contributed by atoms with E-state index in [2.05, 4.69) is 15.6 Å². The number of benzene rings is 1.